The molecule has 0 aliphatic carbocycles. The molecule has 1 atom stereocenters. The van der Waals surface area contributed by atoms with E-state index in [0.29, 0.717) is 12.3 Å². The Morgan fingerprint density at radius 1 is 1.33 bits per heavy atom. The number of hydrogen-bond donors (Lipinski definition) is 1. The molecule has 1 saturated heterocycles. The van der Waals surface area contributed by atoms with Gasteiger partial charge in [-0.05, 0) is 23.1 Å². The predicted octanol–water partition coefficient (Wildman–Crippen LogP) is 2.52. The SMILES string of the molecule is O=C1CC(CS)CN1c1nccc2ccccc12. The van der Waals surface area contributed by atoms with Gasteiger partial charge in [0.2, 0.25) is 5.91 Å². The lowest BCUT2D eigenvalue weighted by Crippen LogP contribution is -2.25. The Morgan fingerprint density at radius 3 is 2.94 bits per heavy atom. The molecule has 2 aromatic rings. The van der Waals surface area contributed by atoms with E-state index in [1.54, 1.807) is 11.1 Å². The fourth-order valence-electron chi connectivity index (χ4n) is 2.43. The van der Waals surface area contributed by atoms with Gasteiger partial charge in [-0.15, -0.1) is 0 Å². The zero-order chi connectivity index (χ0) is 12.5. The van der Waals surface area contributed by atoms with Crippen LogP contribution in [0.3, 0.4) is 0 Å². The molecule has 1 aromatic heterocycles. The predicted molar refractivity (Wildman–Crippen MR) is 76.1 cm³/mol. The summed E-state index contributed by atoms with van der Waals surface area (Å²) in [5.74, 6) is 2.01. The van der Waals surface area contributed by atoms with Gasteiger partial charge >= 0.3 is 0 Å². The number of aromatic nitrogens is 1. The number of rotatable bonds is 2. The molecule has 18 heavy (non-hydrogen) atoms. The summed E-state index contributed by atoms with van der Waals surface area (Å²) in [4.78, 5) is 18.2. The minimum Gasteiger partial charge on any atom is -0.296 e. The standard InChI is InChI=1S/C14H14N2OS/c17-13-7-10(9-18)8-16(13)14-12-4-2-1-3-11(12)5-6-15-14/h1-6,10,18H,7-9H2. The third-order valence-corrected chi connectivity index (χ3v) is 3.89. The first-order chi connectivity index (χ1) is 8.79. The lowest BCUT2D eigenvalue weighted by Gasteiger charge is -2.17. The van der Waals surface area contributed by atoms with Crippen LogP contribution >= 0.6 is 12.6 Å². The number of pyridine rings is 1. The Morgan fingerprint density at radius 2 is 2.17 bits per heavy atom. The summed E-state index contributed by atoms with van der Waals surface area (Å²) in [7, 11) is 0. The molecule has 4 heteroatoms. The number of benzene rings is 1. The molecule has 1 aromatic carbocycles. The zero-order valence-corrected chi connectivity index (χ0v) is 10.8. The van der Waals surface area contributed by atoms with Crippen LogP contribution in [-0.4, -0.2) is 23.2 Å². The van der Waals surface area contributed by atoms with Gasteiger partial charge in [0.05, 0.1) is 0 Å². The van der Waals surface area contributed by atoms with Crippen LogP contribution < -0.4 is 4.90 Å². The van der Waals surface area contributed by atoms with Crippen molar-refractivity contribution in [2.45, 2.75) is 6.42 Å². The molecule has 0 saturated carbocycles. The van der Waals surface area contributed by atoms with E-state index in [4.69, 9.17) is 0 Å². The van der Waals surface area contributed by atoms with E-state index < -0.39 is 0 Å². The van der Waals surface area contributed by atoms with E-state index in [9.17, 15) is 4.79 Å². The molecular weight excluding hydrogens is 244 g/mol. The van der Waals surface area contributed by atoms with Gasteiger partial charge in [-0.25, -0.2) is 4.98 Å². The van der Waals surface area contributed by atoms with Crippen LogP contribution in [0, 0.1) is 5.92 Å². The molecule has 92 valence electrons. The molecule has 0 spiro atoms. The molecule has 3 rings (SSSR count). The first-order valence-electron chi connectivity index (χ1n) is 6.04. The third kappa shape index (κ3) is 1.86. The van der Waals surface area contributed by atoms with E-state index in [2.05, 4.69) is 17.6 Å². The Hall–Kier alpha value is -1.55. The topological polar surface area (TPSA) is 33.2 Å². The quantitative estimate of drug-likeness (QED) is 0.840. The minimum absolute atomic E-state index is 0.151. The third-order valence-electron chi connectivity index (χ3n) is 3.37. The highest BCUT2D eigenvalue weighted by Crippen LogP contribution is 2.29. The Labute approximate surface area is 111 Å². The summed E-state index contributed by atoms with van der Waals surface area (Å²) in [5, 5.41) is 2.15. The number of anilines is 1. The Bertz CT molecular complexity index is 594. The van der Waals surface area contributed by atoms with Gasteiger partial charge < -0.3 is 0 Å². The number of thiol groups is 1. The highest BCUT2D eigenvalue weighted by atomic mass is 32.1. The van der Waals surface area contributed by atoms with Crippen molar-refractivity contribution in [1.82, 2.24) is 4.98 Å². The molecule has 1 aliphatic rings. The maximum atomic E-state index is 12.0. The number of amides is 1. The summed E-state index contributed by atoms with van der Waals surface area (Å²) >= 11 is 4.28. The molecule has 0 N–H and O–H groups in total. The van der Waals surface area contributed by atoms with Crippen molar-refractivity contribution in [3.05, 3.63) is 36.5 Å². The highest BCUT2D eigenvalue weighted by molar-refractivity contribution is 7.80. The monoisotopic (exact) mass is 258 g/mol. The summed E-state index contributed by atoms with van der Waals surface area (Å²) in [6.07, 6.45) is 2.34. The van der Waals surface area contributed by atoms with E-state index in [1.807, 2.05) is 30.3 Å². The first-order valence-corrected chi connectivity index (χ1v) is 6.68. The van der Waals surface area contributed by atoms with Crippen molar-refractivity contribution >= 4 is 35.1 Å². The van der Waals surface area contributed by atoms with Gasteiger partial charge in [0.25, 0.3) is 0 Å². The van der Waals surface area contributed by atoms with Crippen LogP contribution in [0.25, 0.3) is 10.8 Å². The van der Waals surface area contributed by atoms with Gasteiger partial charge in [-0.3, -0.25) is 9.69 Å². The average Bonchev–Trinajstić information content (AvgIpc) is 2.79. The van der Waals surface area contributed by atoms with Crippen LogP contribution in [0.5, 0.6) is 0 Å². The van der Waals surface area contributed by atoms with Gasteiger partial charge in [-0.1, -0.05) is 24.3 Å². The van der Waals surface area contributed by atoms with Crippen LogP contribution in [0.15, 0.2) is 36.5 Å². The van der Waals surface area contributed by atoms with Crippen molar-refractivity contribution < 1.29 is 4.79 Å². The maximum Gasteiger partial charge on any atom is 0.228 e. The lowest BCUT2D eigenvalue weighted by atomic mass is 10.1. The number of carbonyl (C=O) groups is 1. The zero-order valence-electron chi connectivity index (χ0n) is 9.91. The van der Waals surface area contributed by atoms with Crippen molar-refractivity contribution in [2.75, 3.05) is 17.2 Å². The first kappa shape index (κ1) is 11.5. The lowest BCUT2D eigenvalue weighted by molar-refractivity contribution is -0.117. The Kier molecular flexibility index (Phi) is 2.96. The molecule has 0 bridgehead atoms. The van der Waals surface area contributed by atoms with Crippen molar-refractivity contribution in [1.29, 1.82) is 0 Å². The Balaban J connectivity index is 2.07. The normalized spacial score (nSPS) is 19.7. The van der Waals surface area contributed by atoms with Gasteiger partial charge in [0, 0.05) is 24.5 Å². The van der Waals surface area contributed by atoms with Crippen LogP contribution in [0.4, 0.5) is 5.82 Å². The second kappa shape index (κ2) is 4.61. The maximum absolute atomic E-state index is 12.0. The van der Waals surface area contributed by atoms with Gasteiger partial charge in [0.1, 0.15) is 5.82 Å². The molecule has 1 fully saturated rings. The largest absolute Gasteiger partial charge is 0.296 e. The number of hydrogen-bond acceptors (Lipinski definition) is 3. The van der Waals surface area contributed by atoms with Crippen molar-refractivity contribution in [3.63, 3.8) is 0 Å². The van der Waals surface area contributed by atoms with Crippen LogP contribution in [-0.2, 0) is 4.79 Å². The highest BCUT2D eigenvalue weighted by Gasteiger charge is 2.31. The fraction of sp³-hybridized carbons (Fsp3) is 0.286. The molecule has 1 unspecified atom stereocenters. The van der Waals surface area contributed by atoms with E-state index >= 15 is 0 Å². The molecule has 3 nitrogen and oxygen atoms in total. The molecule has 0 radical (unpaired) electrons. The second-order valence-electron chi connectivity index (χ2n) is 4.61. The second-order valence-corrected chi connectivity index (χ2v) is 4.98. The van der Waals surface area contributed by atoms with E-state index in [1.165, 1.54) is 0 Å². The summed E-state index contributed by atoms with van der Waals surface area (Å²) in [5.41, 5.74) is 0. The van der Waals surface area contributed by atoms with Gasteiger partial charge in [0.15, 0.2) is 0 Å². The van der Waals surface area contributed by atoms with Gasteiger partial charge in [-0.2, -0.15) is 12.6 Å². The fourth-order valence-corrected chi connectivity index (χ4v) is 2.67. The molecule has 2 heterocycles. The number of nitrogens with zero attached hydrogens (tertiary/aromatic N) is 2. The smallest absolute Gasteiger partial charge is 0.228 e. The summed E-state index contributed by atoms with van der Waals surface area (Å²) in [6, 6.07) is 9.99. The molecule has 1 amide bonds. The summed E-state index contributed by atoms with van der Waals surface area (Å²) in [6.45, 7) is 0.726. The van der Waals surface area contributed by atoms with Crippen molar-refractivity contribution in [3.8, 4) is 0 Å². The molecule has 1 aliphatic heterocycles. The number of fused-ring (bicyclic) bond motifs is 1. The average molecular weight is 258 g/mol. The van der Waals surface area contributed by atoms with E-state index in [-0.39, 0.29) is 5.91 Å². The molecular formula is C14H14N2OS. The van der Waals surface area contributed by atoms with E-state index in [0.717, 1.165) is 28.9 Å². The summed E-state index contributed by atoms with van der Waals surface area (Å²) < 4.78 is 0. The number of carbonyl (C=O) groups excluding carboxylic acids is 1. The van der Waals surface area contributed by atoms with Crippen molar-refractivity contribution in [2.24, 2.45) is 5.92 Å². The van der Waals surface area contributed by atoms with Crippen LogP contribution in [0.2, 0.25) is 0 Å². The van der Waals surface area contributed by atoms with Crippen LogP contribution in [0.1, 0.15) is 6.42 Å². The minimum atomic E-state index is 0.151.